The van der Waals surface area contributed by atoms with Crippen molar-refractivity contribution < 1.29 is 0 Å². The Balaban J connectivity index is 3.10. The van der Waals surface area contributed by atoms with Gasteiger partial charge in [0.1, 0.15) is 0 Å². The van der Waals surface area contributed by atoms with Gasteiger partial charge in [0, 0.05) is 28.3 Å². The summed E-state index contributed by atoms with van der Waals surface area (Å²) in [6.45, 7) is 23.8. The van der Waals surface area contributed by atoms with Crippen molar-refractivity contribution in [2.75, 3.05) is 0 Å². The van der Waals surface area contributed by atoms with Crippen LogP contribution in [-0.2, 0) is 11.0 Å². The lowest BCUT2D eigenvalue weighted by Gasteiger charge is -2.30. The van der Waals surface area contributed by atoms with Crippen LogP contribution in [-0.4, -0.2) is 26.2 Å². The number of hydrogen-bond donors (Lipinski definition) is 1. The fourth-order valence-electron chi connectivity index (χ4n) is 2.12. The van der Waals surface area contributed by atoms with Crippen molar-refractivity contribution in [2.24, 2.45) is 10.5 Å². The van der Waals surface area contributed by atoms with Gasteiger partial charge in [-0.25, -0.2) is 4.68 Å². The largest absolute Gasteiger partial charge is 0.305 e. The summed E-state index contributed by atoms with van der Waals surface area (Å²) >= 11 is 0. The maximum absolute atomic E-state index is 4.74. The molecule has 0 saturated carbocycles. The van der Waals surface area contributed by atoms with Gasteiger partial charge in [0.05, 0.1) is 11.2 Å². The third kappa shape index (κ3) is 5.91. The third-order valence-corrected chi connectivity index (χ3v) is 3.88. The van der Waals surface area contributed by atoms with Crippen molar-refractivity contribution >= 4 is 5.71 Å². The molecule has 5 nitrogen and oxygen atoms in total. The van der Waals surface area contributed by atoms with E-state index in [-0.39, 0.29) is 21.9 Å². The average Bonchev–Trinajstić information content (AvgIpc) is 2.81. The van der Waals surface area contributed by atoms with Crippen molar-refractivity contribution in [3.05, 3.63) is 11.9 Å². The second-order valence-corrected chi connectivity index (χ2v) is 10.5. The molecule has 0 aromatic carbocycles. The molecule has 1 aromatic heterocycles. The molecule has 1 heterocycles. The van der Waals surface area contributed by atoms with Crippen molar-refractivity contribution in [2.45, 2.75) is 99.1 Å². The van der Waals surface area contributed by atoms with Crippen LogP contribution in [0.3, 0.4) is 0 Å². The molecular formula is C19H37N5. The summed E-state index contributed by atoms with van der Waals surface area (Å²) < 4.78 is 1.94. The predicted octanol–water partition coefficient (Wildman–Crippen LogP) is 4.49. The van der Waals surface area contributed by atoms with E-state index in [1.54, 1.807) is 0 Å². The minimum atomic E-state index is -0.130. The Kier molecular flexibility index (Phi) is 5.58. The molecule has 0 bridgehead atoms. The molecule has 0 unspecified atom stereocenters. The Morgan fingerprint density at radius 1 is 1.00 bits per heavy atom. The normalized spacial score (nSPS) is 14.9. The van der Waals surface area contributed by atoms with Crippen LogP contribution >= 0.6 is 0 Å². The first kappa shape index (κ1) is 20.7. The van der Waals surface area contributed by atoms with Crippen LogP contribution < -0.4 is 5.43 Å². The Labute approximate surface area is 148 Å². The number of hydrazone groups is 1. The summed E-state index contributed by atoms with van der Waals surface area (Å²) in [4.78, 5) is 0. The summed E-state index contributed by atoms with van der Waals surface area (Å²) in [5.41, 5.74) is 5.19. The molecule has 0 atom stereocenters. The zero-order chi connectivity index (χ0) is 19.0. The molecule has 0 spiro atoms. The maximum Gasteiger partial charge on any atom is 0.0887 e. The van der Waals surface area contributed by atoms with Crippen LogP contribution in [0.5, 0.6) is 0 Å². The summed E-state index contributed by atoms with van der Waals surface area (Å²) in [5.74, 6) is 0. The fraction of sp³-hybridized carbons (Fsp3) is 0.842. The second-order valence-electron chi connectivity index (χ2n) is 10.5. The SMILES string of the molecule is CC(C)(C)NN=C(CC(C)(C)c1cn(C(C)(C)C)nn1)C(C)(C)C. The highest BCUT2D eigenvalue weighted by molar-refractivity contribution is 5.90. The Morgan fingerprint density at radius 2 is 1.54 bits per heavy atom. The summed E-state index contributed by atoms with van der Waals surface area (Å²) in [6, 6.07) is 0. The van der Waals surface area contributed by atoms with E-state index in [9.17, 15) is 0 Å². The van der Waals surface area contributed by atoms with E-state index >= 15 is 0 Å². The lowest BCUT2D eigenvalue weighted by molar-refractivity contribution is 0.346. The van der Waals surface area contributed by atoms with E-state index in [1.807, 2.05) is 4.68 Å². The zero-order valence-electron chi connectivity index (χ0n) is 17.6. The first-order chi connectivity index (χ1) is 10.5. The minimum absolute atomic E-state index is 0.00442. The average molecular weight is 336 g/mol. The van der Waals surface area contributed by atoms with Crippen LogP contribution in [0, 0.1) is 5.41 Å². The second kappa shape index (κ2) is 6.49. The van der Waals surface area contributed by atoms with Crippen LogP contribution in [0.25, 0.3) is 0 Å². The molecule has 1 rings (SSSR count). The van der Waals surface area contributed by atoms with Gasteiger partial charge in [0.25, 0.3) is 0 Å². The van der Waals surface area contributed by atoms with E-state index in [2.05, 4.69) is 98.1 Å². The van der Waals surface area contributed by atoms with Crippen LogP contribution in [0.4, 0.5) is 0 Å². The van der Waals surface area contributed by atoms with Crippen molar-refractivity contribution in [3.8, 4) is 0 Å². The topological polar surface area (TPSA) is 55.1 Å². The smallest absolute Gasteiger partial charge is 0.0887 e. The highest BCUT2D eigenvalue weighted by atomic mass is 15.4. The summed E-state index contributed by atoms with van der Waals surface area (Å²) in [6.07, 6.45) is 2.90. The van der Waals surface area contributed by atoms with Gasteiger partial charge < -0.3 is 5.43 Å². The molecule has 0 aliphatic carbocycles. The molecular weight excluding hydrogens is 298 g/mol. The highest BCUT2D eigenvalue weighted by Gasteiger charge is 2.32. The highest BCUT2D eigenvalue weighted by Crippen LogP contribution is 2.31. The Bertz CT molecular complexity index is 574. The zero-order valence-corrected chi connectivity index (χ0v) is 17.6. The Morgan fingerprint density at radius 3 is 1.92 bits per heavy atom. The molecule has 1 aromatic rings. The number of nitrogens with one attached hydrogen (secondary N) is 1. The Hall–Kier alpha value is -1.39. The van der Waals surface area contributed by atoms with Crippen molar-refractivity contribution in [1.82, 2.24) is 20.4 Å². The molecule has 138 valence electrons. The molecule has 0 fully saturated rings. The van der Waals surface area contributed by atoms with Gasteiger partial charge in [-0.1, -0.05) is 39.8 Å². The first-order valence-electron chi connectivity index (χ1n) is 8.80. The predicted molar refractivity (Wildman–Crippen MR) is 102 cm³/mol. The fourth-order valence-corrected chi connectivity index (χ4v) is 2.12. The first-order valence-corrected chi connectivity index (χ1v) is 8.80. The lowest BCUT2D eigenvalue weighted by Crippen LogP contribution is -2.36. The molecule has 0 aliphatic rings. The molecule has 0 radical (unpaired) electrons. The van der Waals surface area contributed by atoms with Gasteiger partial charge in [0.15, 0.2) is 0 Å². The molecule has 0 amide bonds. The molecule has 0 saturated heterocycles. The maximum atomic E-state index is 4.74. The van der Waals surface area contributed by atoms with Gasteiger partial charge in [-0.15, -0.1) is 5.10 Å². The molecule has 5 heteroatoms. The van der Waals surface area contributed by atoms with E-state index in [4.69, 9.17) is 5.10 Å². The van der Waals surface area contributed by atoms with Crippen LogP contribution in [0.2, 0.25) is 0 Å². The van der Waals surface area contributed by atoms with Gasteiger partial charge in [-0.05, 0) is 48.0 Å². The van der Waals surface area contributed by atoms with Gasteiger partial charge in [0.2, 0.25) is 0 Å². The monoisotopic (exact) mass is 335 g/mol. The van der Waals surface area contributed by atoms with Crippen LogP contribution in [0.15, 0.2) is 11.3 Å². The number of rotatable bonds is 4. The summed E-state index contributed by atoms with van der Waals surface area (Å²) in [7, 11) is 0. The van der Waals surface area contributed by atoms with Crippen molar-refractivity contribution in [3.63, 3.8) is 0 Å². The lowest BCUT2D eigenvalue weighted by atomic mass is 9.77. The van der Waals surface area contributed by atoms with Crippen molar-refractivity contribution in [1.29, 1.82) is 0 Å². The number of aromatic nitrogens is 3. The minimum Gasteiger partial charge on any atom is -0.305 e. The van der Waals surface area contributed by atoms with E-state index in [1.165, 1.54) is 0 Å². The number of hydrogen-bond acceptors (Lipinski definition) is 4. The van der Waals surface area contributed by atoms with E-state index in [0.29, 0.717) is 0 Å². The number of nitrogens with zero attached hydrogens (tertiary/aromatic N) is 4. The van der Waals surface area contributed by atoms with E-state index < -0.39 is 0 Å². The molecule has 24 heavy (non-hydrogen) atoms. The van der Waals surface area contributed by atoms with Gasteiger partial charge in [-0.2, -0.15) is 5.10 Å². The standard InChI is InChI=1S/C19H37N5/c1-16(2,3)14(20-22-17(4,5)6)12-19(10,11)15-13-24(23-21-15)18(7,8)9/h13,22H,12H2,1-11H3. The quantitative estimate of drug-likeness (QED) is 0.651. The van der Waals surface area contributed by atoms with Gasteiger partial charge in [-0.3, -0.25) is 0 Å². The van der Waals surface area contributed by atoms with Crippen LogP contribution in [0.1, 0.15) is 88.3 Å². The molecule has 1 N–H and O–H groups in total. The summed E-state index contributed by atoms with van der Waals surface area (Å²) in [5, 5.41) is 13.5. The van der Waals surface area contributed by atoms with Gasteiger partial charge >= 0.3 is 0 Å². The van der Waals surface area contributed by atoms with E-state index in [0.717, 1.165) is 17.8 Å². The molecule has 0 aliphatic heterocycles. The third-order valence-electron chi connectivity index (χ3n) is 3.88.